The number of halogens is 2. The van der Waals surface area contributed by atoms with Gasteiger partial charge in [0.2, 0.25) is 0 Å². The summed E-state index contributed by atoms with van der Waals surface area (Å²) in [6.07, 6.45) is 0.664. The van der Waals surface area contributed by atoms with Crippen molar-refractivity contribution in [2.75, 3.05) is 11.4 Å². The fraction of sp³-hybridized carbons (Fsp3) is 0.250. The molecule has 0 radical (unpaired) electrons. The molecule has 0 saturated carbocycles. The van der Waals surface area contributed by atoms with Crippen LogP contribution in [0.25, 0.3) is 0 Å². The van der Waals surface area contributed by atoms with Crippen LogP contribution in [-0.2, 0) is 16.4 Å². The molecule has 0 aliphatic carbocycles. The summed E-state index contributed by atoms with van der Waals surface area (Å²) in [6, 6.07) is 10.2. The maximum absolute atomic E-state index is 13.1. The first-order chi connectivity index (χ1) is 10.9. The Morgan fingerprint density at radius 3 is 2.52 bits per heavy atom. The summed E-state index contributed by atoms with van der Waals surface area (Å²) in [4.78, 5) is -0.0199. The highest BCUT2D eigenvalue weighted by molar-refractivity contribution is 7.93. The van der Waals surface area contributed by atoms with E-state index in [1.165, 1.54) is 23.5 Å². The SMILES string of the molecule is COc1ccc(S(=O)(=O)N2c3ccccc3CC2C)c(Cl)c1Cl. The lowest BCUT2D eigenvalue weighted by Crippen LogP contribution is -2.35. The van der Waals surface area contributed by atoms with Crippen molar-refractivity contribution in [1.29, 1.82) is 0 Å². The Bertz CT molecular complexity index is 868. The van der Waals surface area contributed by atoms with Gasteiger partial charge in [-0.25, -0.2) is 8.42 Å². The second-order valence-corrected chi connectivity index (χ2v) is 7.92. The number of benzene rings is 2. The zero-order chi connectivity index (χ0) is 16.8. The summed E-state index contributed by atoms with van der Waals surface area (Å²) in [6.45, 7) is 1.87. The van der Waals surface area contributed by atoms with Crippen molar-refractivity contribution >= 4 is 38.9 Å². The van der Waals surface area contributed by atoms with Gasteiger partial charge in [0.25, 0.3) is 10.0 Å². The summed E-state index contributed by atoms with van der Waals surface area (Å²) in [5, 5.41) is 0.0676. The molecule has 2 aromatic carbocycles. The Labute approximate surface area is 145 Å². The van der Waals surface area contributed by atoms with Gasteiger partial charge in [0.1, 0.15) is 15.7 Å². The van der Waals surface area contributed by atoms with Gasteiger partial charge in [0.15, 0.2) is 0 Å². The topological polar surface area (TPSA) is 46.6 Å². The van der Waals surface area contributed by atoms with Crippen LogP contribution < -0.4 is 9.04 Å². The molecular formula is C16H15Cl2NO3S. The zero-order valence-corrected chi connectivity index (χ0v) is 14.9. The number of rotatable bonds is 3. The number of para-hydroxylation sites is 1. The van der Waals surface area contributed by atoms with E-state index >= 15 is 0 Å². The van der Waals surface area contributed by atoms with Gasteiger partial charge in [-0.05, 0) is 37.1 Å². The number of nitrogens with zero attached hydrogens (tertiary/aromatic N) is 1. The third-order valence-electron chi connectivity index (χ3n) is 3.91. The predicted octanol–water partition coefficient (Wildman–Crippen LogP) is 4.14. The van der Waals surface area contributed by atoms with Gasteiger partial charge in [-0.2, -0.15) is 0 Å². The average molecular weight is 372 g/mol. The highest BCUT2D eigenvalue weighted by Crippen LogP contribution is 2.41. The van der Waals surface area contributed by atoms with E-state index in [1.807, 2.05) is 25.1 Å². The van der Waals surface area contributed by atoms with Crippen molar-refractivity contribution in [2.45, 2.75) is 24.3 Å². The summed E-state index contributed by atoms with van der Waals surface area (Å²) >= 11 is 12.3. The van der Waals surface area contributed by atoms with Gasteiger partial charge < -0.3 is 4.74 Å². The fourth-order valence-electron chi connectivity index (χ4n) is 2.88. The molecule has 0 amide bonds. The van der Waals surface area contributed by atoms with Gasteiger partial charge in [0, 0.05) is 6.04 Å². The Hall–Kier alpha value is -1.43. The van der Waals surface area contributed by atoms with Gasteiger partial charge >= 0.3 is 0 Å². The smallest absolute Gasteiger partial charge is 0.266 e. The summed E-state index contributed by atoms with van der Waals surface area (Å²) in [5.74, 6) is 0.338. The number of anilines is 1. The second-order valence-electron chi connectivity index (χ2n) is 5.38. The van der Waals surface area contributed by atoms with E-state index < -0.39 is 10.0 Å². The first-order valence-electron chi connectivity index (χ1n) is 7.02. The largest absolute Gasteiger partial charge is 0.495 e. The summed E-state index contributed by atoms with van der Waals surface area (Å²) in [7, 11) is -2.37. The van der Waals surface area contributed by atoms with Gasteiger partial charge in [0.05, 0.1) is 17.8 Å². The molecule has 23 heavy (non-hydrogen) atoms. The first kappa shape index (κ1) is 16.4. The van der Waals surface area contributed by atoms with Crippen molar-refractivity contribution in [3.63, 3.8) is 0 Å². The van der Waals surface area contributed by atoms with Crippen molar-refractivity contribution < 1.29 is 13.2 Å². The minimum absolute atomic E-state index is 0.0199. The van der Waals surface area contributed by atoms with Gasteiger partial charge in [-0.15, -0.1) is 0 Å². The van der Waals surface area contributed by atoms with E-state index in [0.717, 1.165) is 5.56 Å². The van der Waals surface area contributed by atoms with Crippen LogP contribution >= 0.6 is 23.2 Å². The van der Waals surface area contributed by atoms with E-state index in [2.05, 4.69) is 0 Å². The van der Waals surface area contributed by atoms with Crippen molar-refractivity contribution in [1.82, 2.24) is 0 Å². The molecule has 0 aromatic heterocycles. The molecule has 1 atom stereocenters. The number of hydrogen-bond acceptors (Lipinski definition) is 3. The number of methoxy groups -OCH3 is 1. The van der Waals surface area contributed by atoms with Crippen molar-refractivity contribution in [2.24, 2.45) is 0 Å². The molecule has 7 heteroatoms. The van der Waals surface area contributed by atoms with Crippen LogP contribution in [-0.4, -0.2) is 21.6 Å². The number of fused-ring (bicyclic) bond motifs is 1. The molecule has 3 rings (SSSR count). The molecule has 0 fully saturated rings. The predicted molar refractivity (Wildman–Crippen MR) is 92.3 cm³/mol. The van der Waals surface area contributed by atoms with E-state index in [4.69, 9.17) is 27.9 Å². The van der Waals surface area contributed by atoms with E-state index in [1.54, 1.807) is 6.07 Å². The monoisotopic (exact) mass is 371 g/mol. The van der Waals surface area contributed by atoms with Crippen molar-refractivity contribution in [3.05, 3.63) is 52.0 Å². The minimum atomic E-state index is -3.82. The van der Waals surface area contributed by atoms with Crippen LogP contribution in [0.15, 0.2) is 41.3 Å². The van der Waals surface area contributed by atoms with Gasteiger partial charge in [-0.3, -0.25) is 4.31 Å². The quantitative estimate of drug-likeness (QED) is 0.814. The summed E-state index contributed by atoms with van der Waals surface area (Å²) in [5.41, 5.74) is 1.68. The van der Waals surface area contributed by atoms with Crippen LogP contribution in [0.5, 0.6) is 5.75 Å². The molecular weight excluding hydrogens is 357 g/mol. The van der Waals surface area contributed by atoms with Crippen LogP contribution in [0.2, 0.25) is 10.0 Å². The number of sulfonamides is 1. The molecule has 1 heterocycles. The molecule has 1 unspecified atom stereocenters. The lowest BCUT2D eigenvalue weighted by Gasteiger charge is -2.25. The van der Waals surface area contributed by atoms with Crippen LogP contribution in [0.1, 0.15) is 12.5 Å². The van der Waals surface area contributed by atoms with Crippen LogP contribution in [0, 0.1) is 0 Å². The molecule has 4 nitrogen and oxygen atoms in total. The molecule has 0 spiro atoms. The first-order valence-corrected chi connectivity index (χ1v) is 9.22. The second kappa shape index (κ2) is 5.89. The Morgan fingerprint density at radius 1 is 1.13 bits per heavy atom. The van der Waals surface area contributed by atoms with Crippen LogP contribution in [0.4, 0.5) is 5.69 Å². The minimum Gasteiger partial charge on any atom is -0.495 e. The number of ether oxygens (including phenoxy) is 1. The molecule has 1 aliphatic heterocycles. The third kappa shape index (κ3) is 2.57. The molecule has 2 aromatic rings. The fourth-order valence-corrected chi connectivity index (χ4v) is 5.39. The summed E-state index contributed by atoms with van der Waals surface area (Å²) < 4.78 is 32.7. The maximum atomic E-state index is 13.1. The lowest BCUT2D eigenvalue weighted by molar-refractivity contribution is 0.414. The highest BCUT2D eigenvalue weighted by Gasteiger charge is 2.37. The van der Waals surface area contributed by atoms with Crippen molar-refractivity contribution in [3.8, 4) is 5.75 Å². The normalized spacial score (nSPS) is 17.2. The zero-order valence-electron chi connectivity index (χ0n) is 12.6. The standard InChI is InChI=1S/C16H15Cl2NO3S/c1-10-9-11-5-3-4-6-12(11)19(10)23(20,21)14-8-7-13(22-2)15(17)16(14)18/h3-8,10H,9H2,1-2H3. The van der Waals surface area contributed by atoms with E-state index in [-0.39, 0.29) is 21.0 Å². The Kier molecular flexibility index (Phi) is 4.21. The third-order valence-corrected chi connectivity index (χ3v) is 6.86. The van der Waals surface area contributed by atoms with Crippen LogP contribution in [0.3, 0.4) is 0 Å². The highest BCUT2D eigenvalue weighted by atomic mass is 35.5. The average Bonchev–Trinajstić information content (AvgIpc) is 2.86. The Balaban J connectivity index is 2.15. The lowest BCUT2D eigenvalue weighted by atomic mass is 10.1. The molecule has 0 N–H and O–H groups in total. The molecule has 1 aliphatic rings. The molecule has 122 valence electrons. The molecule has 0 saturated heterocycles. The molecule has 0 bridgehead atoms. The van der Waals surface area contributed by atoms with E-state index in [9.17, 15) is 8.42 Å². The number of hydrogen-bond donors (Lipinski definition) is 0. The van der Waals surface area contributed by atoms with Gasteiger partial charge in [-0.1, -0.05) is 41.4 Å². The Morgan fingerprint density at radius 2 is 1.83 bits per heavy atom. The maximum Gasteiger partial charge on any atom is 0.266 e. The van der Waals surface area contributed by atoms with E-state index in [0.29, 0.717) is 17.9 Å².